The molecule has 2 aromatic rings. The van der Waals surface area contributed by atoms with Crippen LogP contribution >= 0.6 is 0 Å². The molecular weight excluding hydrogens is 208 g/mol. The van der Waals surface area contributed by atoms with Crippen molar-refractivity contribution >= 4 is 5.91 Å². The van der Waals surface area contributed by atoms with E-state index in [9.17, 15) is 9.59 Å². The molecule has 6 heteroatoms. The van der Waals surface area contributed by atoms with Crippen molar-refractivity contribution in [3.63, 3.8) is 0 Å². The Hall–Kier alpha value is -2.37. The number of H-pyrrole nitrogens is 2. The van der Waals surface area contributed by atoms with Crippen LogP contribution in [0.15, 0.2) is 35.5 Å². The molecule has 0 spiro atoms. The fourth-order valence-electron chi connectivity index (χ4n) is 1.23. The van der Waals surface area contributed by atoms with E-state index in [0.717, 1.165) is 5.69 Å². The molecule has 0 saturated carbocycles. The van der Waals surface area contributed by atoms with Crippen LogP contribution in [-0.2, 0) is 6.54 Å². The smallest absolute Gasteiger partial charge is 0.268 e. The summed E-state index contributed by atoms with van der Waals surface area (Å²) in [7, 11) is 0. The number of pyridine rings is 1. The number of hydrogen-bond donors (Lipinski definition) is 3. The Balaban J connectivity index is 2.01. The van der Waals surface area contributed by atoms with Gasteiger partial charge in [-0.3, -0.25) is 9.59 Å². The lowest BCUT2D eigenvalue weighted by molar-refractivity contribution is 0.0945. The van der Waals surface area contributed by atoms with Crippen LogP contribution in [0.25, 0.3) is 0 Å². The van der Waals surface area contributed by atoms with E-state index >= 15 is 0 Å². The lowest BCUT2D eigenvalue weighted by Gasteiger charge is -2.02. The van der Waals surface area contributed by atoms with Crippen molar-refractivity contribution in [2.75, 3.05) is 0 Å². The summed E-state index contributed by atoms with van der Waals surface area (Å²) in [5.74, 6) is -0.327. The Labute approximate surface area is 90.7 Å². The SMILES string of the molecule is O=C(NCc1cnc[nH]1)c1cccc(=O)[nH]1. The number of imidazole rings is 1. The maximum Gasteiger partial charge on any atom is 0.268 e. The zero-order chi connectivity index (χ0) is 11.4. The van der Waals surface area contributed by atoms with E-state index in [4.69, 9.17) is 0 Å². The molecule has 0 aromatic carbocycles. The topological polar surface area (TPSA) is 90.6 Å². The Morgan fingerprint density at radius 3 is 3.00 bits per heavy atom. The van der Waals surface area contributed by atoms with Crippen molar-refractivity contribution in [2.24, 2.45) is 0 Å². The van der Waals surface area contributed by atoms with E-state index in [2.05, 4.69) is 20.3 Å². The third-order valence-corrected chi connectivity index (χ3v) is 2.01. The first-order chi connectivity index (χ1) is 7.75. The molecule has 0 atom stereocenters. The van der Waals surface area contributed by atoms with E-state index in [1.807, 2.05) is 0 Å². The zero-order valence-corrected chi connectivity index (χ0v) is 8.36. The summed E-state index contributed by atoms with van der Waals surface area (Å²) in [5, 5.41) is 2.65. The van der Waals surface area contributed by atoms with Crippen LogP contribution in [0.4, 0.5) is 0 Å². The van der Waals surface area contributed by atoms with Crippen LogP contribution in [0.2, 0.25) is 0 Å². The van der Waals surface area contributed by atoms with Gasteiger partial charge in [-0.15, -0.1) is 0 Å². The molecule has 0 fully saturated rings. The first kappa shape index (κ1) is 10.2. The number of nitrogens with zero attached hydrogens (tertiary/aromatic N) is 1. The molecule has 6 nitrogen and oxygen atoms in total. The molecule has 1 amide bonds. The number of amides is 1. The van der Waals surface area contributed by atoms with Crippen LogP contribution in [0, 0.1) is 0 Å². The second-order valence-electron chi connectivity index (χ2n) is 3.19. The number of carbonyl (C=O) groups is 1. The van der Waals surface area contributed by atoms with Gasteiger partial charge in [-0.25, -0.2) is 4.98 Å². The van der Waals surface area contributed by atoms with Gasteiger partial charge in [-0.1, -0.05) is 6.07 Å². The average Bonchev–Trinajstić information content (AvgIpc) is 2.78. The highest BCUT2D eigenvalue weighted by Gasteiger charge is 2.05. The van der Waals surface area contributed by atoms with Crippen LogP contribution in [-0.4, -0.2) is 20.9 Å². The van der Waals surface area contributed by atoms with Gasteiger partial charge in [-0.05, 0) is 6.07 Å². The quantitative estimate of drug-likeness (QED) is 0.678. The normalized spacial score (nSPS) is 10.0. The molecule has 16 heavy (non-hydrogen) atoms. The summed E-state index contributed by atoms with van der Waals surface area (Å²) in [4.78, 5) is 31.7. The fraction of sp³-hybridized carbons (Fsp3) is 0.100. The van der Waals surface area contributed by atoms with Gasteiger partial charge in [-0.2, -0.15) is 0 Å². The van der Waals surface area contributed by atoms with Crippen molar-refractivity contribution in [3.8, 4) is 0 Å². The molecule has 2 rings (SSSR count). The Bertz CT molecular complexity index is 530. The van der Waals surface area contributed by atoms with Crippen molar-refractivity contribution < 1.29 is 4.79 Å². The summed E-state index contributed by atoms with van der Waals surface area (Å²) in [6.07, 6.45) is 3.15. The zero-order valence-electron chi connectivity index (χ0n) is 8.36. The molecule has 0 saturated heterocycles. The minimum Gasteiger partial charge on any atom is -0.347 e. The molecule has 0 unspecified atom stereocenters. The number of rotatable bonds is 3. The number of aromatic nitrogens is 3. The van der Waals surface area contributed by atoms with E-state index in [1.165, 1.54) is 18.5 Å². The van der Waals surface area contributed by atoms with Crippen LogP contribution in [0.3, 0.4) is 0 Å². The fourth-order valence-corrected chi connectivity index (χ4v) is 1.23. The van der Waals surface area contributed by atoms with Crippen molar-refractivity contribution in [2.45, 2.75) is 6.54 Å². The average molecular weight is 218 g/mol. The molecule has 0 aliphatic carbocycles. The molecule has 0 aliphatic rings. The van der Waals surface area contributed by atoms with E-state index in [0.29, 0.717) is 6.54 Å². The summed E-state index contributed by atoms with van der Waals surface area (Å²) in [6, 6.07) is 4.43. The third-order valence-electron chi connectivity index (χ3n) is 2.01. The van der Waals surface area contributed by atoms with Crippen LogP contribution in [0.5, 0.6) is 0 Å². The molecule has 82 valence electrons. The summed E-state index contributed by atoms with van der Waals surface area (Å²) in [6.45, 7) is 0.343. The van der Waals surface area contributed by atoms with Crippen LogP contribution in [0.1, 0.15) is 16.2 Å². The predicted octanol–water partition coefficient (Wildman–Crippen LogP) is 0.0280. The lowest BCUT2D eigenvalue weighted by atomic mass is 10.3. The standard InChI is InChI=1S/C10H10N4O2/c15-9-3-1-2-8(14-9)10(16)12-5-7-4-11-6-13-7/h1-4,6H,5H2,(H,11,13)(H,12,16)(H,14,15). The molecule has 2 heterocycles. The highest BCUT2D eigenvalue weighted by atomic mass is 16.2. The van der Waals surface area contributed by atoms with Gasteiger partial charge >= 0.3 is 0 Å². The first-order valence-corrected chi connectivity index (χ1v) is 4.70. The van der Waals surface area contributed by atoms with Gasteiger partial charge < -0.3 is 15.3 Å². The maximum absolute atomic E-state index is 11.6. The molecule has 2 aromatic heterocycles. The minimum absolute atomic E-state index is 0.243. The van der Waals surface area contributed by atoms with Gasteiger partial charge in [0.25, 0.3) is 5.91 Å². The first-order valence-electron chi connectivity index (χ1n) is 4.70. The summed E-state index contributed by atoms with van der Waals surface area (Å²) in [5.41, 5.74) is 0.743. The Kier molecular flexibility index (Phi) is 2.81. The molecular formula is C10H10N4O2. The Morgan fingerprint density at radius 1 is 1.44 bits per heavy atom. The number of hydrogen-bond acceptors (Lipinski definition) is 3. The van der Waals surface area contributed by atoms with Crippen LogP contribution < -0.4 is 10.9 Å². The summed E-state index contributed by atoms with van der Waals surface area (Å²) >= 11 is 0. The van der Waals surface area contributed by atoms with E-state index < -0.39 is 0 Å². The second kappa shape index (κ2) is 4.43. The van der Waals surface area contributed by atoms with E-state index in [-0.39, 0.29) is 17.2 Å². The van der Waals surface area contributed by atoms with Gasteiger partial charge in [0.2, 0.25) is 5.56 Å². The third kappa shape index (κ3) is 2.35. The second-order valence-corrected chi connectivity index (χ2v) is 3.19. The molecule has 3 N–H and O–H groups in total. The molecule has 0 bridgehead atoms. The van der Waals surface area contributed by atoms with Crippen molar-refractivity contribution in [1.29, 1.82) is 0 Å². The molecule has 0 aliphatic heterocycles. The Morgan fingerprint density at radius 2 is 2.31 bits per heavy atom. The number of aromatic amines is 2. The minimum atomic E-state index is -0.327. The number of carbonyl (C=O) groups excluding carboxylic acids is 1. The summed E-state index contributed by atoms with van der Waals surface area (Å²) < 4.78 is 0. The highest BCUT2D eigenvalue weighted by Crippen LogP contribution is 1.93. The monoisotopic (exact) mass is 218 g/mol. The predicted molar refractivity (Wildman–Crippen MR) is 56.8 cm³/mol. The largest absolute Gasteiger partial charge is 0.347 e. The van der Waals surface area contributed by atoms with Gasteiger partial charge in [0.1, 0.15) is 5.69 Å². The van der Waals surface area contributed by atoms with Crippen molar-refractivity contribution in [1.82, 2.24) is 20.3 Å². The van der Waals surface area contributed by atoms with Gasteiger partial charge in [0.15, 0.2) is 0 Å². The number of nitrogens with one attached hydrogen (secondary N) is 3. The van der Waals surface area contributed by atoms with E-state index in [1.54, 1.807) is 12.3 Å². The molecule has 0 radical (unpaired) electrons. The van der Waals surface area contributed by atoms with Crippen molar-refractivity contribution in [3.05, 3.63) is 52.5 Å². The maximum atomic E-state index is 11.6. The lowest BCUT2D eigenvalue weighted by Crippen LogP contribution is -2.25. The van der Waals surface area contributed by atoms with Gasteiger partial charge in [0, 0.05) is 12.3 Å². The highest BCUT2D eigenvalue weighted by molar-refractivity contribution is 5.92. The van der Waals surface area contributed by atoms with Gasteiger partial charge in [0.05, 0.1) is 18.6 Å².